The first-order valence-corrected chi connectivity index (χ1v) is 4.98. The molecule has 0 nitrogen and oxygen atoms in total. The highest BCUT2D eigenvalue weighted by Crippen LogP contribution is 2.08. The molecule has 0 fully saturated rings. The van der Waals surface area contributed by atoms with E-state index in [9.17, 15) is 0 Å². The molecule has 0 aromatic heterocycles. The summed E-state index contributed by atoms with van der Waals surface area (Å²) in [6.45, 7) is 2.01. The Labute approximate surface area is 93.7 Å². The number of rotatable bonds is 2. The van der Waals surface area contributed by atoms with E-state index in [-0.39, 0.29) is 12.1 Å². The molecule has 0 aliphatic heterocycles. The first kappa shape index (κ1) is 7.47. The fourth-order valence-corrected chi connectivity index (χ4v) is 1.30. The van der Waals surface area contributed by atoms with Crippen molar-refractivity contribution in [3.05, 3.63) is 71.3 Å². The third kappa shape index (κ3) is 2.81. The molecule has 0 N–H and O–H groups in total. The van der Waals surface area contributed by atoms with E-state index in [0.717, 1.165) is 16.7 Å². The van der Waals surface area contributed by atoms with Crippen LogP contribution in [0.25, 0.3) is 12.1 Å². The minimum Gasteiger partial charge on any atom is -0.0622 e. The minimum absolute atomic E-state index is 0.259. The van der Waals surface area contributed by atoms with Gasteiger partial charge in [0.05, 0.1) is 2.74 Å². The third-order valence-electron chi connectivity index (χ3n) is 2.18. The van der Waals surface area contributed by atoms with E-state index in [1.165, 1.54) is 0 Å². The lowest BCUT2D eigenvalue weighted by Crippen LogP contribution is -1.74. The molecule has 0 bridgehead atoms. The summed E-state index contributed by atoms with van der Waals surface area (Å²) in [6, 6.07) is 17.6. The van der Waals surface area contributed by atoms with Gasteiger partial charge in [-0.3, -0.25) is 0 Å². The molecule has 74 valence electrons. The van der Waals surface area contributed by atoms with Crippen molar-refractivity contribution in [1.82, 2.24) is 0 Å². The van der Waals surface area contributed by atoms with E-state index in [4.69, 9.17) is 2.74 Å². The van der Waals surface area contributed by atoms with Crippen LogP contribution in [0.4, 0.5) is 0 Å². The van der Waals surface area contributed by atoms with Crippen LogP contribution in [0, 0.1) is 6.92 Å². The molecular weight excluding hydrogens is 180 g/mol. The second kappa shape index (κ2) is 4.61. The molecule has 2 aromatic rings. The maximum Gasteiger partial charge on any atom is 0.0629 e. The van der Waals surface area contributed by atoms with Crippen LogP contribution in [-0.4, -0.2) is 0 Å². The Balaban J connectivity index is 2.41. The molecule has 0 heteroatoms. The molecule has 0 aliphatic rings. The van der Waals surface area contributed by atoms with E-state index in [1.807, 2.05) is 61.5 Å². The number of benzene rings is 2. The predicted molar refractivity (Wildman–Crippen MR) is 66.5 cm³/mol. The number of hydrogen-bond donors (Lipinski definition) is 0. The van der Waals surface area contributed by atoms with Crippen molar-refractivity contribution >= 4 is 12.1 Å². The quantitative estimate of drug-likeness (QED) is 0.632. The van der Waals surface area contributed by atoms with E-state index in [1.54, 1.807) is 0 Å². The summed E-state index contributed by atoms with van der Waals surface area (Å²) in [7, 11) is 0. The van der Waals surface area contributed by atoms with Crippen molar-refractivity contribution in [3.63, 3.8) is 0 Å². The predicted octanol–water partition coefficient (Wildman–Crippen LogP) is 4.17. The molecule has 0 saturated carbocycles. The highest BCUT2D eigenvalue weighted by molar-refractivity contribution is 5.69. The molecule has 2 rings (SSSR count). The Morgan fingerprint density at radius 3 is 1.93 bits per heavy atom. The van der Waals surface area contributed by atoms with Crippen molar-refractivity contribution in [2.24, 2.45) is 0 Å². The molecular formula is C15H14. The molecule has 0 aliphatic carbocycles. The zero-order valence-corrected chi connectivity index (χ0v) is 8.70. The SMILES string of the molecule is [2H]/C(=C(/[2H])c1ccc(C)cc1)c1ccccc1. The maximum atomic E-state index is 8.02. The average molecular weight is 196 g/mol. The van der Waals surface area contributed by atoms with Crippen LogP contribution < -0.4 is 0 Å². The van der Waals surface area contributed by atoms with Gasteiger partial charge in [-0.25, -0.2) is 0 Å². The normalized spacial score (nSPS) is 13.9. The van der Waals surface area contributed by atoms with Gasteiger partial charge in [0, 0.05) is 0 Å². The molecule has 0 spiro atoms. The van der Waals surface area contributed by atoms with Gasteiger partial charge >= 0.3 is 0 Å². The van der Waals surface area contributed by atoms with Gasteiger partial charge in [0.1, 0.15) is 0 Å². The lowest BCUT2D eigenvalue weighted by Gasteiger charge is -1.95. The molecule has 0 heterocycles. The molecule has 0 unspecified atom stereocenters. The van der Waals surface area contributed by atoms with Crippen molar-refractivity contribution in [1.29, 1.82) is 0 Å². The zero-order chi connectivity index (χ0) is 12.3. The van der Waals surface area contributed by atoms with E-state index in [2.05, 4.69) is 0 Å². The second-order valence-corrected chi connectivity index (χ2v) is 3.48. The lowest BCUT2D eigenvalue weighted by atomic mass is 10.1. The first-order valence-electron chi connectivity index (χ1n) is 5.98. The molecule has 0 atom stereocenters. The summed E-state index contributed by atoms with van der Waals surface area (Å²) in [6.07, 6.45) is 0. The maximum absolute atomic E-state index is 8.02. The fraction of sp³-hybridized carbons (Fsp3) is 0.0667. The van der Waals surface area contributed by atoms with Crippen molar-refractivity contribution in [3.8, 4) is 0 Å². The Morgan fingerprint density at radius 1 is 0.800 bits per heavy atom. The summed E-state index contributed by atoms with van der Waals surface area (Å²) in [5.74, 6) is 0. The van der Waals surface area contributed by atoms with Crippen molar-refractivity contribution in [2.45, 2.75) is 6.92 Å². The topological polar surface area (TPSA) is 0 Å². The Kier molecular flexibility index (Phi) is 2.29. The highest BCUT2D eigenvalue weighted by Gasteiger charge is 1.87. The number of aryl methyl sites for hydroxylation is 1. The van der Waals surface area contributed by atoms with Crippen LogP contribution in [-0.2, 0) is 0 Å². The molecule has 0 amide bonds. The Bertz CT molecular complexity index is 525. The highest BCUT2D eigenvalue weighted by atomic mass is 13.9. The van der Waals surface area contributed by atoms with E-state index in [0.29, 0.717) is 0 Å². The van der Waals surface area contributed by atoms with Crippen LogP contribution in [0.15, 0.2) is 54.6 Å². The van der Waals surface area contributed by atoms with Crippen LogP contribution >= 0.6 is 0 Å². The van der Waals surface area contributed by atoms with E-state index < -0.39 is 0 Å². The summed E-state index contributed by atoms with van der Waals surface area (Å²) in [4.78, 5) is 0. The first-order chi connectivity index (χ1) is 8.18. The fourth-order valence-electron chi connectivity index (χ4n) is 1.30. The number of hydrogen-bond acceptors (Lipinski definition) is 0. The van der Waals surface area contributed by atoms with Gasteiger partial charge in [-0.15, -0.1) is 0 Å². The lowest BCUT2D eigenvalue weighted by molar-refractivity contribution is 1.46. The average Bonchev–Trinajstić information content (AvgIpc) is 2.39. The second-order valence-electron chi connectivity index (χ2n) is 3.48. The van der Waals surface area contributed by atoms with E-state index >= 15 is 0 Å². The van der Waals surface area contributed by atoms with Gasteiger partial charge in [0.2, 0.25) is 0 Å². The summed E-state index contributed by atoms with van der Waals surface area (Å²) in [5.41, 5.74) is 2.72. The summed E-state index contributed by atoms with van der Waals surface area (Å²) in [5, 5.41) is 0. The minimum atomic E-state index is 0.259. The van der Waals surface area contributed by atoms with Gasteiger partial charge in [0.15, 0.2) is 0 Å². The molecule has 15 heavy (non-hydrogen) atoms. The molecule has 2 aromatic carbocycles. The largest absolute Gasteiger partial charge is 0.0629 e. The Hall–Kier alpha value is -1.82. The standard InChI is InChI=1S/C15H14/c1-13-7-9-15(10-8-13)12-11-14-5-3-2-4-6-14/h2-12H,1H3/b12-11+/i11D,12D. The Morgan fingerprint density at radius 2 is 1.33 bits per heavy atom. The van der Waals surface area contributed by atoms with Gasteiger partial charge in [-0.05, 0) is 18.1 Å². The van der Waals surface area contributed by atoms with Crippen LogP contribution in [0.1, 0.15) is 19.4 Å². The summed E-state index contributed by atoms with van der Waals surface area (Å²) >= 11 is 0. The zero-order valence-electron chi connectivity index (χ0n) is 10.7. The van der Waals surface area contributed by atoms with Gasteiger partial charge in [0.25, 0.3) is 0 Å². The summed E-state index contributed by atoms with van der Waals surface area (Å²) < 4.78 is 16.0. The third-order valence-corrected chi connectivity index (χ3v) is 2.18. The monoisotopic (exact) mass is 196 g/mol. The van der Waals surface area contributed by atoms with Crippen molar-refractivity contribution < 1.29 is 2.74 Å². The van der Waals surface area contributed by atoms with Gasteiger partial charge < -0.3 is 0 Å². The smallest absolute Gasteiger partial charge is 0.0622 e. The molecule has 0 saturated heterocycles. The van der Waals surface area contributed by atoms with Gasteiger partial charge in [-0.1, -0.05) is 72.3 Å². The van der Waals surface area contributed by atoms with Gasteiger partial charge in [-0.2, -0.15) is 0 Å². The van der Waals surface area contributed by atoms with Crippen LogP contribution in [0.5, 0.6) is 0 Å². The van der Waals surface area contributed by atoms with Crippen LogP contribution in [0.3, 0.4) is 0 Å². The molecule has 0 radical (unpaired) electrons. The van der Waals surface area contributed by atoms with Crippen LogP contribution in [0.2, 0.25) is 0 Å². The van der Waals surface area contributed by atoms with Crippen molar-refractivity contribution in [2.75, 3.05) is 0 Å².